The zero-order chi connectivity index (χ0) is 17.4. The number of rotatable bonds is 7. The number of carbonyl (C=O) groups excluding carboxylic acids is 2. The molecule has 1 saturated carbocycles. The number of carbonyl (C=O) groups is 2. The zero-order valence-electron chi connectivity index (χ0n) is 13.8. The van der Waals surface area contributed by atoms with E-state index in [4.69, 9.17) is 4.42 Å². The standard InChI is InChI=1S/C20H23NO3/c1-3-13-21(14-4-2)20(23)18-12-6-9-16(19(18)22)8-5-10-17-11-7-15-24-17/h3-5,7-8,10-11,15,18H,1-2,6,9,12-14H2/b10-5+,16-8+. The molecule has 0 aromatic carbocycles. The predicted molar refractivity (Wildman–Crippen MR) is 95.1 cm³/mol. The molecule has 1 aliphatic carbocycles. The van der Waals surface area contributed by atoms with Crippen molar-refractivity contribution in [3.05, 3.63) is 67.2 Å². The number of ketones is 1. The van der Waals surface area contributed by atoms with Crippen LogP contribution in [-0.4, -0.2) is 29.7 Å². The fraction of sp³-hybridized carbons (Fsp3) is 0.300. The van der Waals surface area contributed by atoms with Crippen LogP contribution in [0.1, 0.15) is 25.0 Å². The van der Waals surface area contributed by atoms with E-state index in [0.717, 1.165) is 12.2 Å². The second-order valence-corrected chi connectivity index (χ2v) is 5.70. The molecule has 1 amide bonds. The highest BCUT2D eigenvalue weighted by Gasteiger charge is 2.34. The van der Waals surface area contributed by atoms with E-state index in [9.17, 15) is 9.59 Å². The number of hydrogen-bond donors (Lipinski definition) is 0. The second kappa shape index (κ2) is 8.87. The Hall–Kier alpha value is -2.62. The van der Waals surface area contributed by atoms with Gasteiger partial charge in [0.2, 0.25) is 5.91 Å². The maximum atomic E-state index is 12.6. The first-order valence-electron chi connectivity index (χ1n) is 8.13. The van der Waals surface area contributed by atoms with E-state index in [1.54, 1.807) is 47.6 Å². The zero-order valence-corrected chi connectivity index (χ0v) is 13.8. The number of nitrogens with zero attached hydrogens (tertiary/aromatic N) is 1. The first-order valence-corrected chi connectivity index (χ1v) is 8.13. The average Bonchev–Trinajstić information content (AvgIpc) is 3.09. The molecule has 0 bridgehead atoms. The molecule has 0 aliphatic heterocycles. The van der Waals surface area contributed by atoms with Crippen molar-refractivity contribution in [3.8, 4) is 0 Å². The van der Waals surface area contributed by atoms with Gasteiger partial charge in [0.15, 0.2) is 5.78 Å². The number of Topliss-reactive ketones (excluding diaryl/α,β-unsaturated/α-hetero) is 1. The van der Waals surface area contributed by atoms with E-state index in [1.807, 2.05) is 6.07 Å². The highest BCUT2D eigenvalue weighted by Crippen LogP contribution is 2.27. The number of hydrogen-bond acceptors (Lipinski definition) is 3. The van der Waals surface area contributed by atoms with Crippen LogP contribution in [0.2, 0.25) is 0 Å². The molecule has 0 radical (unpaired) electrons. The summed E-state index contributed by atoms with van der Waals surface area (Å²) in [6.07, 6.45) is 12.4. The Balaban J connectivity index is 2.09. The van der Waals surface area contributed by atoms with Gasteiger partial charge in [-0.15, -0.1) is 13.2 Å². The third kappa shape index (κ3) is 4.44. The summed E-state index contributed by atoms with van der Waals surface area (Å²) >= 11 is 0. The smallest absolute Gasteiger partial charge is 0.234 e. The molecule has 24 heavy (non-hydrogen) atoms. The molecular formula is C20H23NO3. The van der Waals surface area contributed by atoms with Crippen LogP contribution in [0.25, 0.3) is 6.08 Å². The van der Waals surface area contributed by atoms with E-state index in [0.29, 0.717) is 31.5 Å². The molecule has 1 aliphatic rings. The van der Waals surface area contributed by atoms with Crippen molar-refractivity contribution in [2.45, 2.75) is 19.3 Å². The average molecular weight is 325 g/mol. The van der Waals surface area contributed by atoms with Crippen molar-refractivity contribution < 1.29 is 14.0 Å². The summed E-state index contributed by atoms with van der Waals surface area (Å²) in [5, 5.41) is 0. The molecule has 1 aromatic rings. The molecule has 4 heteroatoms. The van der Waals surface area contributed by atoms with Crippen LogP contribution in [0.4, 0.5) is 0 Å². The summed E-state index contributed by atoms with van der Waals surface area (Å²) in [4.78, 5) is 26.9. The van der Waals surface area contributed by atoms with E-state index in [1.165, 1.54) is 0 Å². The van der Waals surface area contributed by atoms with E-state index >= 15 is 0 Å². The Morgan fingerprint density at radius 2 is 2.08 bits per heavy atom. The number of allylic oxidation sites excluding steroid dienone is 3. The molecule has 0 saturated heterocycles. The Morgan fingerprint density at radius 3 is 2.71 bits per heavy atom. The normalized spacial score (nSPS) is 19.6. The van der Waals surface area contributed by atoms with Crippen LogP contribution < -0.4 is 0 Å². The quantitative estimate of drug-likeness (QED) is 0.435. The number of furan rings is 1. The predicted octanol–water partition coefficient (Wildman–Crippen LogP) is 3.79. The molecule has 1 fully saturated rings. The Morgan fingerprint density at radius 1 is 1.33 bits per heavy atom. The fourth-order valence-electron chi connectivity index (χ4n) is 2.81. The van der Waals surface area contributed by atoms with Crippen LogP contribution in [0, 0.1) is 5.92 Å². The van der Waals surface area contributed by atoms with Gasteiger partial charge >= 0.3 is 0 Å². The van der Waals surface area contributed by atoms with Crippen molar-refractivity contribution >= 4 is 17.8 Å². The molecule has 1 aromatic heterocycles. The first-order chi connectivity index (χ1) is 11.7. The third-order valence-electron chi connectivity index (χ3n) is 3.98. The molecule has 0 N–H and O–H groups in total. The molecule has 1 unspecified atom stereocenters. The molecule has 126 valence electrons. The summed E-state index contributed by atoms with van der Waals surface area (Å²) < 4.78 is 5.21. The highest BCUT2D eigenvalue weighted by atomic mass is 16.3. The Labute approximate surface area is 142 Å². The minimum atomic E-state index is -0.595. The van der Waals surface area contributed by atoms with Gasteiger partial charge in [0.05, 0.1) is 6.26 Å². The molecule has 1 heterocycles. The van der Waals surface area contributed by atoms with Crippen molar-refractivity contribution in [1.29, 1.82) is 0 Å². The topological polar surface area (TPSA) is 50.5 Å². The van der Waals surface area contributed by atoms with E-state index < -0.39 is 5.92 Å². The summed E-state index contributed by atoms with van der Waals surface area (Å²) in [6.45, 7) is 8.18. The van der Waals surface area contributed by atoms with Gasteiger partial charge in [-0.05, 0) is 43.0 Å². The lowest BCUT2D eigenvalue weighted by Crippen LogP contribution is -2.41. The number of amides is 1. The van der Waals surface area contributed by atoms with Crippen molar-refractivity contribution in [3.63, 3.8) is 0 Å². The van der Waals surface area contributed by atoms with Gasteiger partial charge in [-0.2, -0.15) is 0 Å². The fourth-order valence-corrected chi connectivity index (χ4v) is 2.81. The Kier molecular flexibility index (Phi) is 6.55. The van der Waals surface area contributed by atoms with Crippen molar-refractivity contribution in [2.75, 3.05) is 13.1 Å². The Bertz CT molecular complexity index is 642. The van der Waals surface area contributed by atoms with Gasteiger partial charge in [-0.25, -0.2) is 0 Å². The maximum Gasteiger partial charge on any atom is 0.234 e. The van der Waals surface area contributed by atoms with Crippen LogP contribution in [0.15, 0.2) is 65.8 Å². The lowest BCUT2D eigenvalue weighted by atomic mass is 9.83. The minimum Gasteiger partial charge on any atom is -0.465 e. The molecule has 0 spiro atoms. The van der Waals surface area contributed by atoms with Gasteiger partial charge in [-0.3, -0.25) is 9.59 Å². The van der Waals surface area contributed by atoms with Gasteiger partial charge in [0, 0.05) is 13.1 Å². The van der Waals surface area contributed by atoms with Crippen molar-refractivity contribution in [2.24, 2.45) is 5.92 Å². The van der Waals surface area contributed by atoms with Crippen LogP contribution in [-0.2, 0) is 9.59 Å². The lowest BCUT2D eigenvalue weighted by molar-refractivity contribution is -0.140. The lowest BCUT2D eigenvalue weighted by Gasteiger charge is -2.28. The third-order valence-corrected chi connectivity index (χ3v) is 3.98. The monoisotopic (exact) mass is 325 g/mol. The van der Waals surface area contributed by atoms with E-state index in [-0.39, 0.29) is 11.7 Å². The molecular weight excluding hydrogens is 302 g/mol. The van der Waals surface area contributed by atoms with Crippen molar-refractivity contribution in [1.82, 2.24) is 4.90 Å². The van der Waals surface area contributed by atoms with Gasteiger partial charge in [0.25, 0.3) is 0 Å². The largest absolute Gasteiger partial charge is 0.465 e. The van der Waals surface area contributed by atoms with Gasteiger partial charge in [-0.1, -0.05) is 24.3 Å². The SMILES string of the molecule is C=CCN(CC=C)C(=O)C1CCC/C(=C\C=C\c2ccco2)C1=O. The summed E-state index contributed by atoms with van der Waals surface area (Å²) in [6, 6.07) is 3.65. The molecule has 2 rings (SSSR count). The van der Waals surface area contributed by atoms with Gasteiger partial charge in [0.1, 0.15) is 11.7 Å². The van der Waals surface area contributed by atoms with Crippen LogP contribution in [0.3, 0.4) is 0 Å². The molecule has 1 atom stereocenters. The van der Waals surface area contributed by atoms with Gasteiger partial charge < -0.3 is 9.32 Å². The van der Waals surface area contributed by atoms with Crippen LogP contribution in [0.5, 0.6) is 0 Å². The molecule has 4 nitrogen and oxygen atoms in total. The second-order valence-electron chi connectivity index (χ2n) is 5.70. The first kappa shape index (κ1) is 17.7. The van der Waals surface area contributed by atoms with E-state index in [2.05, 4.69) is 13.2 Å². The highest BCUT2D eigenvalue weighted by molar-refractivity contribution is 6.10. The summed E-state index contributed by atoms with van der Waals surface area (Å²) in [5.41, 5.74) is 0.694. The summed E-state index contributed by atoms with van der Waals surface area (Å²) in [5.74, 6) is -0.0818. The maximum absolute atomic E-state index is 12.6. The summed E-state index contributed by atoms with van der Waals surface area (Å²) in [7, 11) is 0. The minimum absolute atomic E-state index is 0.0755. The van der Waals surface area contributed by atoms with Crippen LogP contribution >= 0.6 is 0 Å².